The number of pyridine rings is 1. The van der Waals surface area contributed by atoms with Gasteiger partial charge in [-0.2, -0.15) is 0 Å². The van der Waals surface area contributed by atoms with Crippen molar-refractivity contribution in [1.29, 1.82) is 0 Å². The highest BCUT2D eigenvalue weighted by Gasteiger charge is 2.11. The molecule has 7 nitrogen and oxygen atoms in total. The molecule has 3 rings (SSSR count). The van der Waals surface area contributed by atoms with Crippen LogP contribution in [0.3, 0.4) is 0 Å². The van der Waals surface area contributed by atoms with Crippen LogP contribution < -0.4 is 5.32 Å². The van der Waals surface area contributed by atoms with Crippen LogP contribution in [-0.2, 0) is 6.54 Å². The Morgan fingerprint density at radius 1 is 1.32 bits per heavy atom. The molecule has 112 valence electrons. The molecule has 0 aliphatic carbocycles. The highest BCUT2D eigenvalue weighted by Crippen LogP contribution is 2.13. The van der Waals surface area contributed by atoms with Crippen LogP contribution in [0.15, 0.2) is 47.4 Å². The van der Waals surface area contributed by atoms with Crippen LogP contribution in [0, 0.1) is 6.92 Å². The summed E-state index contributed by atoms with van der Waals surface area (Å²) in [7, 11) is 0. The third kappa shape index (κ3) is 3.03. The second-order valence-corrected chi connectivity index (χ2v) is 4.74. The van der Waals surface area contributed by atoms with Crippen LogP contribution in [0.4, 0.5) is 0 Å². The average Bonchev–Trinajstić information content (AvgIpc) is 3.17. The van der Waals surface area contributed by atoms with E-state index in [1.54, 1.807) is 25.4 Å². The van der Waals surface area contributed by atoms with Crippen molar-refractivity contribution in [3.05, 3.63) is 54.3 Å². The second kappa shape index (κ2) is 6.21. The lowest BCUT2D eigenvalue weighted by Crippen LogP contribution is -2.27. The molecule has 0 aliphatic rings. The molecule has 7 heteroatoms. The molecule has 0 radical (unpaired) electrons. The van der Waals surface area contributed by atoms with Crippen molar-refractivity contribution in [3.63, 3.8) is 0 Å². The van der Waals surface area contributed by atoms with Crippen LogP contribution in [0.25, 0.3) is 11.5 Å². The predicted octanol–water partition coefficient (Wildman–Crippen LogP) is 1.67. The Labute approximate surface area is 127 Å². The fourth-order valence-electron chi connectivity index (χ4n) is 2.07. The number of rotatable bonds is 5. The summed E-state index contributed by atoms with van der Waals surface area (Å²) in [6.45, 7) is 2.80. The van der Waals surface area contributed by atoms with E-state index >= 15 is 0 Å². The molecule has 0 fully saturated rings. The van der Waals surface area contributed by atoms with Crippen molar-refractivity contribution in [2.75, 3.05) is 6.54 Å². The Bertz CT molecular complexity index is 763. The number of carbonyl (C=O) groups is 1. The molecule has 3 heterocycles. The van der Waals surface area contributed by atoms with Crippen LogP contribution >= 0.6 is 0 Å². The van der Waals surface area contributed by atoms with E-state index in [0.29, 0.717) is 18.8 Å². The SMILES string of the molecule is Cc1cc(C(=O)NCCn2ccnc2-c2ccccn2)no1. The average molecular weight is 297 g/mol. The zero-order valence-corrected chi connectivity index (χ0v) is 12.1. The molecule has 0 saturated heterocycles. The summed E-state index contributed by atoms with van der Waals surface area (Å²) in [4.78, 5) is 20.5. The van der Waals surface area contributed by atoms with Gasteiger partial charge in [-0.05, 0) is 19.1 Å². The van der Waals surface area contributed by atoms with Crippen LogP contribution in [0.2, 0.25) is 0 Å². The van der Waals surface area contributed by atoms with Gasteiger partial charge in [0.2, 0.25) is 0 Å². The monoisotopic (exact) mass is 297 g/mol. The first kappa shape index (κ1) is 14.0. The minimum Gasteiger partial charge on any atom is -0.361 e. The van der Waals surface area contributed by atoms with Crippen molar-refractivity contribution in [2.24, 2.45) is 0 Å². The Morgan fingerprint density at radius 2 is 2.23 bits per heavy atom. The van der Waals surface area contributed by atoms with E-state index in [1.165, 1.54) is 0 Å². The Kier molecular flexibility index (Phi) is 3.95. The largest absolute Gasteiger partial charge is 0.361 e. The normalized spacial score (nSPS) is 10.6. The molecular weight excluding hydrogens is 282 g/mol. The third-order valence-corrected chi connectivity index (χ3v) is 3.11. The third-order valence-electron chi connectivity index (χ3n) is 3.11. The van der Waals surface area contributed by atoms with Crippen LogP contribution in [-0.4, -0.2) is 32.1 Å². The van der Waals surface area contributed by atoms with Gasteiger partial charge in [0.15, 0.2) is 11.5 Å². The highest BCUT2D eigenvalue weighted by atomic mass is 16.5. The number of nitrogens with one attached hydrogen (secondary N) is 1. The number of aryl methyl sites for hydroxylation is 1. The molecule has 3 aromatic heterocycles. The van der Waals surface area contributed by atoms with Crippen LogP contribution in [0.1, 0.15) is 16.2 Å². The van der Waals surface area contributed by atoms with Crippen molar-refractivity contribution in [2.45, 2.75) is 13.5 Å². The summed E-state index contributed by atoms with van der Waals surface area (Å²) in [6.07, 6.45) is 5.30. The Morgan fingerprint density at radius 3 is 2.95 bits per heavy atom. The highest BCUT2D eigenvalue weighted by molar-refractivity contribution is 5.92. The summed E-state index contributed by atoms with van der Waals surface area (Å²) in [5, 5.41) is 6.48. The van der Waals surface area contributed by atoms with Crippen molar-refractivity contribution in [3.8, 4) is 11.5 Å². The molecule has 0 bridgehead atoms. The van der Waals surface area contributed by atoms with E-state index in [1.807, 2.05) is 29.0 Å². The Hall–Kier alpha value is -2.96. The molecule has 1 amide bonds. The van der Waals surface area contributed by atoms with Gasteiger partial charge in [0.25, 0.3) is 5.91 Å². The summed E-state index contributed by atoms with van der Waals surface area (Å²) in [6, 6.07) is 7.27. The summed E-state index contributed by atoms with van der Waals surface area (Å²) < 4.78 is 6.82. The maximum Gasteiger partial charge on any atom is 0.273 e. The van der Waals surface area contributed by atoms with E-state index in [4.69, 9.17) is 4.52 Å². The fraction of sp³-hybridized carbons (Fsp3) is 0.200. The number of carbonyl (C=O) groups excluding carboxylic acids is 1. The van der Waals surface area contributed by atoms with Crippen molar-refractivity contribution >= 4 is 5.91 Å². The van der Waals surface area contributed by atoms with Gasteiger partial charge >= 0.3 is 0 Å². The molecule has 0 spiro atoms. The molecule has 0 saturated carbocycles. The first-order chi connectivity index (χ1) is 10.7. The van der Waals surface area contributed by atoms with Crippen molar-refractivity contribution < 1.29 is 9.32 Å². The molecule has 0 aliphatic heterocycles. The first-order valence-corrected chi connectivity index (χ1v) is 6.88. The molecule has 0 aromatic carbocycles. The van der Waals surface area contributed by atoms with Gasteiger partial charge in [-0.15, -0.1) is 0 Å². The van der Waals surface area contributed by atoms with Crippen LogP contribution in [0.5, 0.6) is 0 Å². The number of hydrogen-bond acceptors (Lipinski definition) is 5. The van der Waals surface area contributed by atoms with Gasteiger partial charge in [-0.3, -0.25) is 9.78 Å². The van der Waals surface area contributed by atoms with E-state index in [0.717, 1.165) is 11.5 Å². The van der Waals surface area contributed by atoms with E-state index in [-0.39, 0.29) is 11.6 Å². The van der Waals surface area contributed by atoms with Gasteiger partial charge in [-0.1, -0.05) is 11.2 Å². The minimum atomic E-state index is -0.253. The smallest absolute Gasteiger partial charge is 0.273 e. The van der Waals surface area contributed by atoms with E-state index in [9.17, 15) is 4.79 Å². The number of aromatic nitrogens is 4. The second-order valence-electron chi connectivity index (χ2n) is 4.74. The molecular formula is C15H15N5O2. The van der Waals surface area contributed by atoms with Gasteiger partial charge < -0.3 is 14.4 Å². The molecule has 0 unspecified atom stereocenters. The maximum atomic E-state index is 11.9. The number of amides is 1. The maximum absolute atomic E-state index is 11.9. The molecule has 0 atom stereocenters. The standard InChI is InChI=1S/C15H15N5O2/c1-11-10-13(19-22-11)15(21)18-7-9-20-8-6-17-14(20)12-4-2-3-5-16-12/h2-6,8,10H,7,9H2,1H3,(H,18,21). The quantitative estimate of drug-likeness (QED) is 0.774. The summed E-state index contributed by atoms with van der Waals surface area (Å²) in [5.74, 6) is 1.13. The topological polar surface area (TPSA) is 85.8 Å². The number of hydrogen-bond donors (Lipinski definition) is 1. The van der Waals surface area contributed by atoms with E-state index < -0.39 is 0 Å². The lowest BCUT2D eigenvalue weighted by molar-refractivity contribution is 0.0943. The lowest BCUT2D eigenvalue weighted by Gasteiger charge is -2.07. The predicted molar refractivity (Wildman–Crippen MR) is 79.0 cm³/mol. The van der Waals surface area contributed by atoms with Gasteiger partial charge in [0.1, 0.15) is 11.5 Å². The lowest BCUT2D eigenvalue weighted by atomic mass is 10.3. The first-order valence-electron chi connectivity index (χ1n) is 6.88. The number of imidazole rings is 1. The zero-order chi connectivity index (χ0) is 15.4. The van der Waals surface area contributed by atoms with Crippen molar-refractivity contribution in [1.82, 2.24) is 25.0 Å². The summed E-state index contributed by atoms with van der Waals surface area (Å²) in [5.41, 5.74) is 1.08. The Balaban J connectivity index is 1.61. The summed E-state index contributed by atoms with van der Waals surface area (Å²) >= 11 is 0. The van der Waals surface area contributed by atoms with Gasteiger partial charge in [0.05, 0.1) is 0 Å². The van der Waals surface area contributed by atoms with Gasteiger partial charge in [-0.25, -0.2) is 4.98 Å². The molecule has 3 aromatic rings. The fourth-order valence-corrected chi connectivity index (χ4v) is 2.07. The molecule has 1 N–H and O–H groups in total. The van der Waals surface area contributed by atoms with Gasteiger partial charge in [0, 0.05) is 37.7 Å². The molecule has 22 heavy (non-hydrogen) atoms. The minimum absolute atomic E-state index is 0.253. The van der Waals surface area contributed by atoms with E-state index in [2.05, 4.69) is 20.4 Å². The zero-order valence-electron chi connectivity index (χ0n) is 12.1. The number of nitrogens with zero attached hydrogens (tertiary/aromatic N) is 4.